The van der Waals surface area contributed by atoms with Crippen LogP contribution in [-0.2, 0) is 24.0 Å². The van der Waals surface area contributed by atoms with Gasteiger partial charge in [0.05, 0.1) is 12.6 Å². The van der Waals surface area contributed by atoms with Crippen molar-refractivity contribution in [1.29, 1.82) is 0 Å². The number of unbranched alkanes of at least 4 members (excludes halogenated alkanes) is 1. The van der Waals surface area contributed by atoms with Gasteiger partial charge in [-0.15, -0.1) is 0 Å². The van der Waals surface area contributed by atoms with Crippen molar-refractivity contribution in [3.05, 3.63) is 0 Å². The minimum atomic E-state index is -1.22. The van der Waals surface area contributed by atoms with E-state index in [1.165, 1.54) is 6.92 Å². The van der Waals surface area contributed by atoms with E-state index in [1.807, 2.05) is 0 Å². The zero-order valence-electron chi connectivity index (χ0n) is 15.8. The van der Waals surface area contributed by atoms with Gasteiger partial charge in [0, 0.05) is 6.42 Å². The monoisotopic (exact) mass is 403 g/mol. The van der Waals surface area contributed by atoms with Crippen LogP contribution in [-0.4, -0.2) is 71.1 Å². The van der Waals surface area contributed by atoms with Crippen LogP contribution in [0.5, 0.6) is 0 Å². The van der Waals surface area contributed by atoms with E-state index in [0.717, 1.165) is 0 Å². The number of aliphatic carboxylic acids is 2. The largest absolute Gasteiger partial charge is 0.481 e. The first-order chi connectivity index (χ1) is 13.1. The summed E-state index contributed by atoms with van der Waals surface area (Å²) in [4.78, 5) is 57.3. The van der Waals surface area contributed by atoms with Crippen LogP contribution in [0.25, 0.3) is 0 Å². The standard InChI is InChI=1S/C16H29N5O7/c1-9(16(27)28)20-12(22)8-19-15(26)11(4-2-3-7-17)21-14(25)10(18)5-6-13(23)24/h9-11H,2-8,17-18H2,1H3,(H,19,26)(H,20,22)(H,21,25)(H,23,24)(H,27,28). The third-order valence-corrected chi connectivity index (χ3v) is 3.76. The van der Waals surface area contributed by atoms with Crippen molar-refractivity contribution in [1.82, 2.24) is 16.0 Å². The molecule has 0 bridgehead atoms. The Bertz CT molecular complexity index is 570. The molecule has 0 rings (SSSR count). The summed E-state index contributed by atoms with van der Waals surface area (Å²) in [6.07, 6.45) is 1.00. The van der Waals surface area contributed by atoms with E-state index in [2.05, 4.69) is 16.0 Å². The molecule has 160 valence electrons. The van der Waals surface area contributed by atoms with Crippen LogP contribution in [0.4, 0.5) is 0 Å². The lowest BCUT2D eigenvalue weighted by atomic mass is 10.1. The quantitative estimate of drug-likeness (QED) is 0.152. The second-order valence-corrected chi connectivity index (χ2v) is 6.23. The van der Waals surface area contributed by atoms with Crippen molar-refractivity contribution in [2.24, 2.45) is 11.5 Å². The zero-order chi connectivity index (χ0) is 21.7. The molecule has 0 aromatic heterocycles. The van der Waals surface area contributed by atoms with Crippen molar-refractivity contribution >= 4 is 29.7 Å². The summed E-state index contributed by atoms with van der Waals surface area (Å²) in [5, 5.41) is 24.3. The van der Waals surface area contributed by atoms with Crippen LogP contribution in [0.15, 0.2) is 0 Å². The van der Waals surface area contributed by atoms with E-state index in [9.17, 15) is 24.0 Å². The summed E-state index contributed by atoms with van der Waals surface area (Å²) >= 11 is 0. The highest BCUT2D eigenvalue weighted by Crippen LogP contribution is 2.03. The molecule has 12 nitrogen and oxygen atoms in total. The van der Waals surface area contributed by atoms with Crippen LogP contribution in [0.2, 0.25) is 0 Å². The van der Waals surface area contributed by atoms with Gasteiger partial charge in [0.15, 0.2) is 0 Å². The van der Waals surface area contributed by atoms with E-state index >= 15 is 0 Å². The summed E-state index contributed by atoms with van der Waals surface area (Å²) in [7, 11) is 0. The molecule has 0 aliphatic carbocycles. The van der Waals surface area contributed by atoms with Crippen LogP contribution in [0.3, 0.4) is 0 Å². The third-order valence-electron chi connectivity index (χ3n) is 3.76. The molecule has 0 saturated heterocycles. The number of carboxylic acid groups (broad SMARTS) is 2. The summed E-state index contributed by atoms with van der Waals surface area (Å²) in [6.45, 7) is 1.21. The molecule has 3 unspecified atom stereocenters. The lowest BCUT2D eigenvalue weighted by Crippen LogP contribution is -2.53. The second kappa shape index (κ2) is 13.4. The second-order valence-electron chi connectivity index (χ2n) is 6.23. The number of nitrogens with one attached hydrogen (secondary N) is 3. The van der Waals surface area contributed by atoms with Gasteiger partial charge in [0.1, 0.15) is 12.1 Å². The molecule has 28 heavy (non-hydrogen) atoms. The Morgan fingerprint density at radius 2 is 1.61 bits per heavy atom. The molecule has 0 heterocycles. The van der Waals surface area contributed by atoms with Crippen LogP contribution in [0, 0.1) is 0 Å². The van der Waals surface area contributed by atoms with Crippen molar-refractivity contribution in [3.63, 3.8) is 0 Å². The number of rotatable bonds is 14. The molecule has 0 aromatic rings. The highest BCUT2D eigenvalue weighted by molar-refractivity contribution is 5.92. The molecule has 0 radical (unpaired) electrons. The first-order valence-electron chi connectivity index (χ1n) is 8.86. The molecule has 0 saturated carbocycles. The molecule has 3 atom stereocenters. The minimum absolute atomic E-state index is 0.0895. The highest BCUT2D eigenvalue weighted by Gasteiger charge is 2.24. The predicted molar refractivity (Wildman–Crippen MR) is 97.9 cm³/mol. The third kappa shape index (κ3) is 11.1. The first-order valence-corrected chi connectivity index (χ1v) is 8.86. The number of amides is 3. The van der Waals surface area contributed by atoms with Crippen LogP contribution < -0.4 is 27.4 Å². The van der Waals surface area contributed by atoms with Crippen molar-refractivity contribution in [2.75, 3.05) is 13.1 Å². The lowest BCUT2D eigenvalue weighted by Gasteiger charge is -2.20. The maximum atomic E-state index is 12.3. The van der Waals surface area contributed by atoms with E-state index in [-0.39, 0.29) is 19.3 Å². The molecular formula is C16H29N5O7. The number of hydrogen-bond donors (Lipinski definition) is 7. The zero-order valence-corrected chi connectivity index (χ0v) is 15.8. The van der Waals surface area contributed by atoms with Crippen molar-refractivity contribution in [2.45, 2.75) is 57.2 Å². The van der Waals surface area contributed by atoms with Gasteiger partial charge >= 0.3 is 11.9 Å². The summed E-state index contributed by atoms with van der Waals surface area (Å²) in [5.41, 5.74) is 11.0. The van der Waals surface area contributed by atoms with Crippen molar-refractivity contribution in [3.8, 4) is 0 Å². The average molecular weight is 403 g/mol. The summed E-state index contributed by atoms with van der Waals surface area (Å²) in [5.74, 6) is -4.34. The number of carboxylic acids is 2. The van der Waals surface area contributed by atoms with Gasteiger partial charge in [-0.2, -0.15) is 0 Å². The summed E-state index contributed by atoms with van der Waals surface area (Å²) in [6, 6.07) is -3.20. The van der Waals surface area contributed by atoms with Gasteiger partial charge < -0.3 is 37.6 Å². The molecular weight excluding hydrogens is 374 g/mol. The van der Waals surface area contributed by atoms with E-state index in [0.29, 0.717) is 19.4 Å². The number of carbonyl (C=O) groups excluding carboxylic acids is 3. The maximum Gasteiger partial charge on any atom is 0.325 e. The van der Waals surface area contributed by atoms with Gasteiger partial charge in [-0.3, -0.25) is 24.0 Å². The highest BCUT2D eigenvalue weighted by atomic mass is 16.4. The smallest absolute Gasteiger partial charge is 0.325 e. The van der Waals surface area contributed by atoms with E-state index in [1.54, 1.807) is 0 Å². The van der Waals surface area contributed by atoms with E-state index in [4.69, 9.17) is 21.7 Å². The van der Waals surface area contributed by atoms with Crippen LogP contribution in [0.1, 0.15) is 39.0 Å². The fourth-order valence-corrected chi connectivity index (χ4v) is 2.10. The fourth-order valence-electron chi connectivity index (χ4n) is 2.10. The fraction of sp³-hybridized carbons (Fsp3) is 0.688. The Labute approximate surface area is 162 Å². The van der Waals surface area contributed by atoms with Gasteiger partial charge in [-0.25, -0.2) is 0 Å². The Hall–Kier alpha value is -2.73. The average Bonchev–Trinajstić information content (AvgIpc) is 2.62. The topological polar surface area (TPSA) is 214 Å². The molecule has 3 amide bonds. The number of hydrogen-bond acceptors (Lipinski definition) is 7. The summed E-state index contributed by atoms with van der Waals surface area (Å²) < 4.78 is 0. The Morgan fingerprint density at radius 3 is 2.14 bits per heavy atom. The first kappa shape index (κ1) is 25.3. The Balaban J connectivity index is 4.72. The normalized spacial score (nSPS) is 13.7. The van der Waals surface area contributed by atoms with Crippen LogP contribution >= 0.6 is 0 Å². The number of nitrogens with two attached hydrogens (primary N) is 2. The number of carbonyl (C=O) groups is 5. The SMILES string of the molecule is CC(NC(=O)CNC(=O)C(CCCCN)NC(=O)C(N)CCC(=O)O)C(=O)O. The Kier molecular flexibility index (Phi) is 12.1. The molecule has 0 aliphatic rings. The van der Waals surface area contributed by atoms with Gasteiger partial charge in [0.2, 0.25) is 17.7 Å². The maximum absolute atomic E-state index is 12.3. The molecule has 0 fully saturated rings. The van der Waals surface area contributed by atoms with Gasteiger partial charge in [0.25, 0.3) is 0 Å². The Morgan fingerprint density at radius 1 is 0.964 bits per heavy atom. The molecule has 9 N–H and O–H groups in total. The minimum Gasteiger partial charge on any atom is -0.481 e. The predicted octanol–water partition coefficient (Wildman–Crippen LogP) is -2.50. The van der Waals surface area contributed by atoms with E-state index < -0.39 is 54.3 Å². The van der Waals surface area contributed by atoms with Crippen molar-refractivity contribution < 1.29 is 34.2 Å². The van der Waals surface area contributed by atoms with Gasteiger partial charge in [-0.05, 0) is 39.2 Å². The molecule has 0 spiro atoms. The van der Waals surface area contributed by atoms with Gasteiger partial charge in [-0.1, -0.05) is 0 Å². The molecule has 0 aromatic carbocycles. The molecule has 0 aliphatic heterocycles. The molecule has 12 heteroatoms. The lowest BCUT2D eigenvalue weighted by molar-refractivity contribution is -0.141.